The Kier molecular flexibility index (Phi) is 20.1. The Hall–Kier alpha value is -0.0500. The highest BCUT2D eigenvalue weighted by Crippen LogP contribution is 2.12. The van der Waals surface area contributed by atoms with Gasteiger partial charge in [-0.2, -0.15) is 0 Å². The molecule has 0 aromatic heterocycles. The lowest BCUT2D eigenvalue weighted by Gasteiger charge is -2.02. The molecule has 0 bridgehead atoms. The van der Waals surface area contributed by atoms with Crippen molar-refractivity contribution >= 4 is 23.0 Å². The van der Waals surface area contributed by atoms with Crippen LogP contribution in [0.3, 0.4) is 0 Å². The third-order valence-corrected chi connectivity index (χ3v) is 3.49. The van der Waals surface area contributed by atoms with Crippen LogP contribution in [0.2, 0.25) is 0 Å². The van der Waals surface area contributed by atoms with Crippen LogP contribution >= 0.6 is 17.0 Å². The van der Waals surface area contributed by atoms with Crippen molar-refractivity contribution in [2.75, 3.05) is 0 Å². The van der Waals surface area contributed by atoms with Crippen molar-refractivity contribution in [2.45, 2.75) is 96.8 Å². The monoisotopic (exact) mass is 336 g/mol. The number of carboxylic acids is 1. The topological polar surface area (TPSA) is 37.3 Å². The van der Waals surface area contributed by atoms with Crippen molar-refractivity contribution in [3.63, 3.8) is 0 Å². The second-order valence-corrected chi connectivity index (χ2v) is 5.39. The van der Waals surface area contributed by atoms with Crippen molar-refractivity contribution in [1.82, 2.24) is 0 Å². The fourth-order valence-corrected chi connectivity index (χ4v) is 2.29. The van der Waals surface area contributed by atoms with Crippen LogP contribution in [0.4, 0.5) is 0 Å². The molecule has 0 aromatic carbocycles. The van der Waals surface area contributed by atoms with E-state index in [2.05, 4.69) is 6.92 Å². The zero-order valence-corrected chi connectivity index (χ0v) is 14.4. The number of hydrogen-bond acceptors (Lipinski definition) is 1. The van der Waals surface area contributed by atoms with E-state index in [0.717, 1.165) is 12.8 Å². The number of halogens is 1. The molecule has 0 unspecified atom stereocenters. The van der Waals surface area contributed by atoms with Gasteiger partial charge in [0.05, 0.1) is 0 Å². The van der Waals surface area contributed by atoms with E-state index in [-0.39, 0.29) is 17.0 Å². The molecule has 0 heterocycles. The third-order valence-electron chi connectivity index (χ3n) is 3.49. The second-order valence-electron chi connectivity index (χ2n) is 5.39. The first-order valence-corrected chi connectivity index (χ1v) is 7.99. The minimum atomic E-state index is -0.655. The molecule has 2 nitrogen and oxygen atoms in total. The maximum Gasteiger partial charge on any atom is 0.303 e. The predicted molar refractivity (Wildman–Crippen MR) is 88.3 cm³/mol. The molecule has 19 heavy (non-hydrogen) atoms. The molecule has 0 aliphatic rings. The van der Waals surface area contributed by atoms with E-state index in [1.807, 2.05) is 0 Å². The van der Waals surface area contributed by atoms with Gasteiger partial charge < -0.3 is 5.11 Å². The summed E-state index contributed by atoms with van der Waals surface area (Å²) in [4.78, 5) is 10.3. The lowest BCUT2D eigenvalue weighted by molar-refractivity contribution is -0.137. The molecule has 0 rings (SSSR count). The molecular weight excluding hydrogens is 304 g/mol. The van der Waals surface area contributed by atoms with Gasteiger partial charge in [0, 0.05) is 6.42 Å². The molecule has 0 saturated heterocycles. The Bertz CT molecular complexity index is 184. The Balaban J connectivity index is 0. The van der Waals surface area contributed by atoms with Crippen LogP contribution < -0.4 is 0 Å². The Labute approximate surface area is 130 Å². The lowest BCUT2D eigenvalue weighted by atomic mass is 10.0. The molecule has 0 saturated carbocycles. The summed E-state index contributed by atoms with van der Waals surface area (Å²) in [5.74, 6) is -0.655. The molecule has 0 spiro atoms. The van der Waals surface area contributed by atoms with Crippen LogP contribution in [-0.4, -0.2) is 11.1 Å². The van der Waals surface area contributed by atoms with Gasteiger partial charge in [-0.3, -0.25) is 4.79 Å². The minimum absolute atomic E-state index is 0. The molecular formula is C16H33BrO2. The number of aliphatic carboxylic acids is 1. The fourth-order valence-electron chi connectivity index (χ4n) is 2.29. The molecule has 1 N–H and O–H groups in total. The summed E-state index contributed by atoms with van der Waals surface area (Å²) in [5, 5.41) is 8.49. The van der Waals surface area contributed by atoms with E-state index in [9.17, 15) is 4.79 Å². The van der Waals surface area contributed by atoms with Crippen molar-refractivity contribution in [2.24, 2.45) is 0 Å². The van der Waals surface area contributed by atoms with E-state index in [1.165, 1.54) is 70.6 Å². The van der Waals surface area contributed by atoms with Crippen LogP contribution in [0.5, 0.6) is 0 Å². The molecule has 0 radical (unpaired) electrons. The summed E-state index contributed by atoms with van der Waals surface area (Å²) < 4.78 is 0. The predicted octanol–water partition coefficient (Wildman–Crippen LogP) is 6.13. The summed E-state index contributed by atoms with van der Waals surface area (Å²) in [6, 6.07) is 0. The van der Waals surface area contributed by atoms with Gasteiger partial charge in [0.2, 0.25) is 0 Å². The highest BCUT2D eigenvalue weighted by atomic mass is 79.9. The standard InChI is InChI=1S/C16H32O2.BrH/c1-2-3-4-5-6-7-8-9-10-11-12-13-14-15-16(17)18;/h2-15H2,1H3,(H,17,18);1H. The number of rotatable bonds is 14. The van der Waals surface area contributed by atoms with E-state index >= 15 is 0 Å². The van der Waals surface area contributed by atoms with Crippen molar-refractivity contribution in [1.29, 1.82) is 0 Å². The Morgan fingerprint density at radius 3 is 1.32 bits per heavy atom. The molecule has 116 valence electrons. The summed E-state index contributed by atoms with van der Waals surface area (Å²) in [6.45, 7) is 2.26. The zero-order chi connectivity index (χ0) is 13.5. The van der Waals surface area contributed by atoms with Crippen molar-refractivity contribution in [3.8, 4) is 0 Å². The summed E-state index contributed by atoms with van der Waals surface area (Å²) in [7, 11) is 0. The summed E-state index contributed by atoms with van der Waals surface area (Å²) in [6.07, 6.45) is 17.3. The van der Waals surface area contributed by atoms with Crippen LogP contribution in [0, 0.1) is 0 Å². The van der Waals surface area contributed by atoms with Gasteiger partial charge in [-0.25, -0.2) is 0 Å². The van der Waals surface area contributed by atoms with E-state index in [0.29, 0.717) is 6.42 Å². The highest BCUT2D eigenvalue weighted by Gasteiger charge is 1.96. The van der Waals surface area contributed by atoms with E-state index in [4.69, 9.17) is 5.11 Å². The van der Waals surface area contributed by atoms with Crippen LogP contribution in [0.15, 0.2) is 0 Å². The average molecular weight is 337 g/mol. The highest BCUT2D eigenvalue weighted by molar-refractivity contribution is 8.93. The van der Waals surface area contributed by atoms with Crippen LogP contribution in [0.25, 0.3) is 0 Å². The Morgan fingerprint density at radius 2 is 1.00 bits per heavy atom. The van der Waals surface area contributed by atoms with E-state index in [1.54, 1.807) is 0 Å². The summed E-state index contributed by atoms with van der Waals surface area (Å²) >= 11 is 0. The average Bonchev–Trinajstić information content (AvgIpc) is 2.34. The SMILES string of the molecule is Br.CCCCCCCCCCCCCCCC(=O)O. The number of unbranched alkanes of at least 4 members (excludes halogenated alkanes) is 12. The van der Waals surface area contributed by atoms with Gasteiger partial charge in [-0.05, 0) is 6.42 Å². The number of hydrogen-bond donors (Lipinski definition) is 1. The van der Waals surface area contributed by atoms with Gasteiger partial charge in [-0.1, -0.05) is 84.0 Å². The number of carboxylic acid groups (broad SMARTS) is 1. The molecule has 0 aromatic rings. The minimum Gasteiger partial charge on any atom is -0.481 e. The first-order chi connectivity index (χ1) is 8.77. The Morgan fingerprint density at radius 1 is 0.684 bits per heavy atom. The second kappa shape index (κ2) is 17.9. The lowest BCUT2D eigenvalue weighted by Crippen LogP contribution is -1.93. The van der Waals surface area contributed by atoms with Gasteiger partial charge in [0.1, 0.15) is 0 Å². The van der Waals surface area contributed by atoms with E-state index < -0.39 is 5.97 Å². The molecule has 0 aliphatic carbocycles. The molecule has 0 atom stereocenters. The van der Waals surface area contributed by atoms with Crippen molar-refractivity contribution < 1.29 is 9.90 Å². The first kappa shape index (κ1) is 21.3. The quantitative estimate of drug-likeness (QED) is 0.387. The van der Waals surface area contributed by atoms with Gasteiger partial charge >= 0.3 is 5.97 Å². The smallest absolute Gasteiger partial charge is 0.303 e. The molecule has 3 heteroatoms. The summed E-state index contributed by atoms with van der Waals surface area (Å²) in [5.41, 5.74) is 0. The maximum atomic E-state index is 10.3. The molecule has 0 aliphatic heterocycles. The fraction of sp³-hybridized carbons (Fsp3) is 0.938. The van der Waals surface area contributed by atoms with Gasteiger partial charge in [-0.15, -0.1) is 17.0 Å². The van der Waals surface area contributed by atoms with Gasteiger partial charge in [0.25, 0.3) is 0 Å². The molecule has 0 amide bonds. The molecule has 0 fully saturated rings. The largest absolute Gasteiger partial charge is 0.481 e. The van der Waals surface area contributed by atoms with Crippen LogP contribution in [-0.2, 0) is 4.79 Å². The first-order valence-electron chi connectivity index (χ1n) is 7.99. The van der Waals surface area contributed by atoms with Crippen LogP contribution in [0.1, 0.15) is 96.8 Å². The normalized spacial score (nSPS) is 10.2. The zero-order valence-electron chi connectivity index (χ0n) is 12.7. The van der Waals surface area contributed by atoms with Gasteiger partial charge in [0.15, 0.2) is 0 Å². The third kappa shape index (κ3) is 20.4. The number of carbonyl (C=O) groups is 1. The maximum absolute atomic E-state index is 10.3. The van der Waals surface area contributed by atoms with Crippen molar-refractivity contribution in [3.05, 3.63) is 0 Å².